The van der Waals surface area contributed by atoms with Crippen LogP contribution >= 0.6 is 0 Å². The van der Waals surface area contributed by atoms with Crippen LogP contribution in [0, 0.1) is 6.92 Å². The van der Waals surface area contributed by atoms with Gasteiger partial charge in [0.2, 0.25) is 0 Å². The molecule has 1 aromatic heterocycles. The van der Waals surface area contributed by atoms with Crippen molar-refractivity contribution in [1.82, 2.24) is 4.57 Å². The zero-order valence-electron chi connectivity index (χ0n) is 20.0. The number of aromatic nitrogens is 1. The summed E-state index contributed by atoms with van der Waals surface area (Å²) in [5, 5.41) is 4.70. The van der Waals surface area contributed by atoms with Crippen LogP contribution in [0.2, 0.25) is 0 Å². The van der Waals surface area contributed by atoms with Gasteiger partial charge in [-0.05, 0) is 43.3 Å². The lowest BCUT2D eigenvalue weighted by Crippen LogP contribution is -2.18. The van der Waals surface area contributed by atoms with E-state index < -0.39 is 41.8 Å². The number of carbonyl (C=O) groups is 2. The molecule has 3 aromatic carbocycles. The van der Waals surface area contributed by atoms with Crippen LogP contribution in [-0.4, -0.2) is 42.3 Å². The molecule has 1 heterocycles. The monoisotopic (exact) mass is 558 g/mol. The smallest absolute Gasteiger partial charge is 0.297 e. The lowest BCUT2D eigenvalue weighted by atomic mass is 10.1. The fourth-order valence-electron chi connectivity index (χ4n) is 4.01. The topological polar surface area (TPSA) is 198 Å². The third-order valence-corrected chi connectivity index (χ3v) is 7.79. The van der Waals surface area contributed by atoms with E-state index in [-0.39, 0.29) is 22.2 Å². The number of rotatable bonds is 6. The van der Waals surface area contributed by atoms with E-state index in [1.165, 1.54) is 34.9 Å². The first kappa shape index (κ1) is 26.8. The molecular weight excluding hydrogens is 536 g/mol. The van der Waals surface area contributed by atoms with Gasteiger partial charge < -0.3 is 20.9 Å². The molecule has 6 N–H and O–H groups in total. The predicted molar refractivity (Wildman–Crippen MR) is 140 cm³/mol. The van der Waals surface area contributed by atoms with Gasteiger partial charge in [-0.2, -0.15) is 16.8 Å². The molecule has 0 aliphatic rings. The molecule has 0 radical (unpaired) electrons. The molecule has 0 atom stereocenters. The predicted octanol–water partition coefficient (Wildman–Crippen LogP) is 3.07. The molecule has 14 heteroatoms. The highest BCUT2D eigenvalue weighted by Crippen LogP contribution is 2.34. The molecule has 0 saturated heterocycles. The zero-order valence-corrected chi connectivity index (χ0v) is 21.6. The minimum Gasteiger partial charge on any atom is -0.399 e. The lowest BCUT2D eigenvalue weighted by Gasteiger charge is -2.14. The molecule has 4 aromatic rings. The van der Waals surface area contributed by atoms with Crippen molar-refractivity contribution in [3.63, 3.8) is 0 Å². The van der Waals surface area contributed by atoms with Gasteiger partial charge in [0.1, 0.15) is 15.5 Å². The zero-order chi connectivity index (χ0) is 28.0. The summed E-state index contributed by atoms with van der Waals surface area (Å²) in [4.78, 5) is 24.5. The minimum absolute atomic E-state index is 0.0402. The van der Waals surface area contributed by atoms with Crippen LogP contribution in [0.3, 0.4) is 0 Å². The van der Waals surface area contributed by atoms with Gasteiger partial charge in [-0.1, -0.05) is 24.3 Å². The van der Waals surface area contributed by atoms with Gasteiger partial charge >= 0.3 is 0 Å². The van der Waals surface area contributed by atoms with E-state index >= 15 is 0 Å². The number of amides is 2. The fourth-order valence-corrected chi connectivity index (χ4v) is 5.57. The first-order chi connectivity index (χ1) is 17.7. The Morgan fingerprint density at radius 1 is 0.816 bits per heavy atom. The van der Waals surface area contributed by atoms with Crippen LogP contribution < -0.4 is 16.4 Å². The van der Waals surface area contributed by atoms with Crippen molar-refractivity contribution >= 4 is 59.9 Å². The highest BCUT2D eigenvalue weighted by Gasteiger charge is 2.25. The number of nitrogens with zero attached hydrogens (tertiary/aromatic N) is 1. The number of anilines is 3. The van der Waals surface area contributed by atoms with Crippen LogP contribution in [0.1, 0.15) is 26.5 Å². The molecule has 198 valence electrons. The number of nitrogens with one attached hydrogen (secondary N) is 2. The summed E-state index contributed by atoms with van der Waals surface area (Å²) in [5.41, 5.74) is 6.97. The molecule has 0 fully saturated rings. The molecule has 0 saturated carbocycles. The van der Waals surface area contributed by atoms with E-state index in [0.29, 0.717) is 22.6 Å². The van der Waals surface area contributed by atoms with Gasteiger partial charge in [0, 0.05) is 34.8 Å². The summed E-state index contributed by atoms with van der Waals surface area (Å²) in [6.45, 7) is 1.66. The molecule has 0 bridgehead atoms. The quantitative estimate of drug-likeness (QED) is 0.174. The van der Waals surface area contributed by atoms with Gasteiger partial charge in [-0.25, -0.2) is 0 Å². The second kappa shape index (κ2) is 9.57. The second-order valence-electron chi connectivity index (χ2n) is 8.37. The molecule has 4 rings (SSSR count). The van der Waals surface area contributed by atoms with Crippen molar-refractivity contribution in [2.45, 2.75) is 16.7 Å². The van der Waals surface area contributed by atoms with Crippen molar-refractivity contribution in [2.75, 3.05) is 16.4 Å². The Kier molecular flexibility index (Phi) is 6.75. The number of benzene rings is 3. The van der Waals surface area contributed by atoms with E-state index in [1.54, 1.807) is 32.2 Å². The Labute approximate surface area is 217 Å². The summed E-state index contributed by atoms with van der Waals surface area (Å²) >= 11 is 0. The molecule has 0 aliphatic carbocycles. The first-order valence-corrected chi connectivity index (χ1v) is 13.7. The van der Waals surface area contributed by atoms with Crippen LogP contribution in [0.4, 0.5) is 17.1 Å². The van der Waals surface area contributed by atoms with Crippen molar-refractivity contribution in [3.05, 3.63) is 77.6 Å². The van der Waals surface area contributed by atoms with Gasteiger partial charge in [0.25, 0.3) is 32.1 Å². The highest BCUT2D eigenvalue weighted by atomic mass is 32.2. The average Bonchev–Trinajstić information content (AvgIpc) is 3.10. The SMILES string of the molecule is Cc1c(NC(=O)c2cccc(N)c2)cc(C(=O)Nc2ccc3c(S(=O)(=O)O)cccc3c2S(=O)(=O)O)n1C. The standard InChI is InChI=1S/C24H22N4O8S2/c1-13-19(27-23(29)14-5-3-6-15(25)11-14)12-20(28(13)2)24(30)26-18-10-9-16-17(22(18)38(34,35)36)7-4-8-21(16)37(31,32)33/h3-12H,25H2,1-2H3,(H,26,30)(H,27,29)(H,31,32,33)(H,34,35,36). The Morgan fingerprint density at radius 2 is 1.47 bits per heavy atom. The maximum absolute atomic E-state index is 13.2. The van der Waals surface area contributed by atoms with Crippen molar-refractivity contribution in [3.8, 4) is 0 Å². The van der Waals surface area contributed by atoms with Crippen LogP contribution in [0.5, 0.6) is 0 Å². The molecule has 12 nitrogen and oxygen atoms in total. The first-order valence-electron chi connectivity index (χ1n) is 10.8. The van der Waals surface area contributed by atoms with E-state index in [9.17, 15) is 35.5 Å². The van der Waals surface area contributed by atoms with E-state index in [1.807, 2.05) is 0 Å². The number of nitrogens with two attached hydrogens (primary N) is 1. The van der Waals surface area contributed by atoms with Crippen LogP contribution in [0.25, 0.3) is 10.8 Å². The van der Waals surface area contributed by atoms with Crippen LogP contribution in [0.15, 0.2) is 70.5 Å². The molecule has 38 heavy (non-hydrogen) atoms. The largest absolute Gasteiger partial charge is 0.399 e. The molecule has 2 amide bonds. The summed E-state index contributed by atoms with van der Waals surface area (Å²) < 4.78 is 68.9. The number of nitrogen functional groups attached to an aromatic ring is 1. The Morgan fingerprint density at radius 3 is 2.11 bits per heavy atom. The molecular formula is C24H22N4O8S2. The molecule has 0 unspecified atom stereocenters. The second-order valence-corrected chi connectivity index (χ2v) is 11.1. The van der Waals surface area contributed by atoms with E-state index in [4.69, 9.17) is 5.73 Å². The molecule has 0 aliphatic heterocycles. The third kappa shape index (κ3) is 5.10. The van der Waals surface area contributed by atoms with Gasteiger partial charge in [-0.15, -0.1) is 0 Å². The number of hydrogen-bond donors (Lipinski definition) is 5. The summed E-state index contributed by atoms with van der Waals surface area (Å²) in [7, 11) is -8.14. The Hall–Kier alpha value is -4.24. The van der Waals surface area contributed by atoms with E-state index in [0.717, 1.165) is 12.1 Å². The lowest BCUT2D eigenvalue weighted by molar-refractivity contribution is 0.101. The fraction of sp³-hybridized carbons (Fsp3) is 0.0833. The van der Waals surface area contributed by atoms with Crippen molar-refractivity contribution < 1.29 is 35.5 Å². The summed E-state index contributed by atoms with van der Waals surface area (Å²) in [5.74, 6) is -1.24. The summed E-state index contributed by atoms with van der Waals surface area (Å²) in [6, 6.07) is 13.5. The summed E-state index contributed by atoms with van der Waals surface area (Å²) in [6.07, 6.45) is 0. The third-order valence-electron chi connectivity index (χ3n) is 5.92. The number of carbonyl (C=O) groups excluding carboxylic acids is 2. The minimum atomic E-state index is -4.98. The highest BCUT2D eigenvalue weighted by molar-refractivity contribution is 7.86. The van der Waals surface area contributed by atoms with Gasteiger partial charge in [0.05, 0.1) is 11.4 Å². The number of fused-ring (bicyclic) bond motifs is 1. The average molecular weight is 559 g/mol. The maximum Gasteiger partial charge on any atom is 0.297 e. The van der Waals surface area contributed by atoms with Crippen LogP contribution in [-0.2, 0) is 27.3 Å². The maximum atomic E-state index is 13.2. The number of hydrogen-bond acceptors (Lipinski definition) is 7. The normalized spacial score (nSPS) is 11.9. The van der Waals surface area contributed by atoms with E-state index in [2.05, 4.69) is 10.6 Å². The Bertz CT molecular complexity index is 1840. The van der Waals surface area contributed by atoms with Crippen molar-refractivity contribution in [1.29, 1.82) is 0 Å². The Balaban J connectivity index is 1.73. The molecule has 0 spiro atoms. The van der Waals surface area contributed by atoms with Gasteiger partial charge in [0.15, 0.2) is 0 Å². The van der Waals surface area contributed by atoms with Crippen molar-refractivity contribution in [2.24, 2.45) is 7.05 Å². The van der Waals surface area contributed by atoms with Gasteiger partial charge in [-0.3, -0.25) is 18.7 Å².